The van der Waals surface area contributed by atoms with Crippen LogP contribution in [0.4, 0.5) is 0 Å². The topological polar surface area (TPSA) is 17.3 Å². The Balaban J connectivity index is 0.00000169. The molecule has 4 rings (SSSR count). The second-order valence-electron chi connectivity index (χ2n) is 5.46. The summed E-state index contributed by atoms with van der Waals surface area (Å²) in [5, 5.41) is 2.70. The minimum absolute atomic E-state index is 0. The molecule has 2 aromatic heterocycles. The molecule has 0 fully saturated rings. The molecule has 2 heterocycles. The van der Waals surface area contributed by atoms with Crippen LogP contribution in [-0.4, -0.2) is 9.38 Å². The zero-order valence-electron chi connectivity index (χ0n) is 13.3. The molecule has 24 heavy (non-hydrogen) atoms. The van der Waals surface area contributed by atoms with Gasteiger partial charge in [-0.15, -0.1) is 12.4 Å². The minimum atomic E-state index is -0.629. The van der Waals surface area contributed by atoms with Crippen molar-refractivity contribution in [1.29, 1.82) is 0 Å². The van der Waals surface area contributed by atoms with E-state index in [0.717, 1.165) is 11.3 Å². The molecule has 120 valence electrons. The number of halogens is 1. The third kappa shape index (κ3) is 2.96. The van der Waals surface area contributed by atoms with Crippen LogP contribution in [-0.2, 0) is 0 Å². The summed E-state index contributed by atoms with van der Waals surface area (Å²) in [6.07, 6.45) is 2.12. The molecule has 0 N–H and O–H groups in total. The number of rotatable bonds is 3. The van der Waals surface area contributed by atoms with Crippen molar-refractivity contribution in [3.63, 3.8) is 0 Å². The van der Waals surface area contributed by atoms with Gasteiger partial charge in [0, 0.05) is 14.1 Å². The van der Waals surface area contributed by atoms with Crippen molar-refractivity contribution < 1.29 is 0 Å². The van der Waals surface area contributed by atoms with Crippen LogP contribution in [0.3, 0.4) is 0 Å². The molecule has 0 aliphatic heterocycles. The summed E-state index contributed by atoms with van der Waals surface area (Å²) in [5.74, 6) is 0. The Labute approximate surface area is 149 Å². The van der Waals surface area contributed by atoms with Gasteiger partial charge in [-0.3, -0.25) is 4.40 Å². The van der Waals surface area contributed by atoms with Crippen LogP contribution in [0, 0.1) is 6.92 Å². The number of hydrogen-bond acceptors (Lipinski definition) is 1. The molecule has 4 aromatic rings. The van der Waals surface area contributed by atoms with Gasteiger partial charge in [0.25, 0.3) is 0 Å². The lowest BCUT2D eigenvalue weighted by atomic mass is 10.4. The second kappa shape index (κ2) is 7.17. The Hall–Kier alpha value is -2.15. The number of aromatic nitrogens is 2. The van der Waals surface area contributed by atoms with Crippen molar-refractivity contribution in [1.82, 2.24) is 9.38 Å². The van der Waals surface area contributed by atoms with Crippen LogP contribution < -0.4 is 16.0 Å². The van der Waals surface area contributed by atoms with Crippen LogP contribution >= 0.6 is 20.3 Å². The molecule has 0 atom stereocenters. The number of nitrogens with zero attached hydrogens (tertiary/aromatic N) is 2. The number of pyridine rings is 1. The maximum Gasteiger partial charge on any atom is 0.137 e. The van der Waals surface area contributed by atoms with E-state index in [-0.39, 0.29) is 12.4 Å². The average molecular weight is 353 g/mol. The average Bonchev–Trinajstić information content (AvgIpc) is 2.94. The van der Waals surface area contributed by atoms with Crippen molar-refractivity contribution in [2.45, 2.75) is 6.92 Å². The molecule has 0 unspecified atom stereocenters. The molecule has 0 amide bonds. The van der Waals surface area contributed by atoms with E-state index < -0.39 is 7.92 Å². The first-order chi connectivity index (χ1) is 11.3. The lowest BCUT2D eigenvalue weighted by Crippen LogP contribution is -2.25. The zero-order chi connectivity index (χ0) is 15.6. The molecule has 2 aromatic carbocycles. The Morgan fingerprint density at radius 2 is 1.29 bits per heavy atom. The Bertz CT molecular complexity index is 896. The maximum absolute atomic E-state index is 4.76. The van der Waals surface area contributed by atoms with Crippen molar-refractivity contribution in [2.24, 2.45) is 0 Å². The van der Waals surface area contributed by atoms with Gasteiger partial charge in [-0.1, -0.05) is 66.7 Å². The largest absolute Gasteiger partial charge is 0.299 e. The molecule has 4 heteroatoms. The number of hydrogen-bond donors (Lipinski definition) is 0. The SMILES string of the molecule is Cc1nc2ccccn2c1P(c1ccccc1)c1ccccc1.Cl. The van der Waals surface area contributed by atoms with Gasteiger partial charge >= 0.3 is 0 Å². The number of benzene rings is 2. The molecule has 0 radical (unpaired) electrons. The van der Waals surface area contributed by atoms with E-state index in [0.29, 0.717) is 0 Å². The van der Waals surface area contributed by atoms with E-state index in [9.17, 15) is 0 Å². The fourth-order valence-electron chi connectivity index (χ4n) is 2.92. The van der Waals surface area contributed by atoms with E-state index in [2.05, 4.69) is 90.3 Å². The van der Waals surface area contributed by atoms with E-state index in [1.54, 1.807) is 0 Å². The third-order valence-electron chi connectivity index (χ3n) is 3.91. The molecular weight excluding hydrogens is 335 g/mol. The summed E-state index contributed by atoms with van der Waals surface area (Å²) >= 11 is 0. The van der Waals surface area contributed by atoms with E-state index >= 15 is 0 Å². The van der Waals surface area contributed by atoms with Gasteiger partial charge in [0.2, 0.25) is 0 Å². The highest BCUT2D eigenvalue weighted by Gasteiger charge is 2.22. The smallest absolute Gasteiger partial charge is 0.137 e. The lowest BCUT2D eigenvalue weighted by Gasteiger charge is -2.19. The molecule has 0 aliphatic rings. The standard InChI is InChI=1S/C20H17N2P.ClH/c1-16-20(22-15-9-8-14-19(22)21-16)23(17-10-4-2-5-11-17)18-12-6-3-7-13-18;/h2-15H,1H3;1H. The fraction of sp³-hybridized carbons (Fsp3) is 0.0500. The van der Waals surface area contributed by atoms with Crippen LogP contribution in [0.25, 0.3) is 5.65 Å². The van der Waals surface area contributed by atoms with Gasteiger partial charge in [-0.25, -0.2) is 4.98 Å². The third-order valence-corrected chi connectivity index (χ3v) is 6.50. The molecule has 0 spiro atoms. The van der Waals surface area contributed by atoms with Gasteiger partial charge in [0.15, 0.2) is 0 Å². The van der Waals surface area contributed by atoms with Crippen molar-refractivity contribution in [2.75, 3.05) is 0 Å². The Kier molecular flexibility index (Phi) is 4.99. The van der Waals surface area contributed by atoms with Gasteiger partial charge in [-0.05, 0) is 29.7 Å². The van der Waals surface area contributed by atoms with Gasteiger partial charge < -0.3 is 0 Å². The van der Waals surface area contributed by atoms with E-state index in [1.807, 2.05) is 6.07 Å². The zero-order valence-corrected chi connectivity index (χ0v) is 15.0. The molecular formula is C20H18ClN2P. The first-order valence-electron chi connectivity index (χ1n) is 7.68. The monoisotopic (exact) mass is 352 g/mol. The van der Waals surface area contributed by atoms with Crippen molar-refractivity contribution in [3.05, 3.63) is 90.8 Å². The molecule has 2 nitrogen and oxygen atoms in total. The number of imidazole rings is 1. The van der Waals surface area contributed by atoms with Crippen LogP contribution in [0.15, 0.2) is 85.1 Å². The summed E-state index contributed by atoms with van der Waals surface area (Å²) in [6, 6.07) is 27.7. The summed E-state index contributed by atoms with van der Waals surface area (Å²) in [6.45, 7) is 2.11. The van der Waals surface area contributed by atoms with Gasteiger partial charge in [-0.2, -0.15) is 0 Å². The van der Waals surface area contributed by atoms with Crippen LogP contribution in [0.2, 0.25) is 0 Å². The Morgan fingerprint density at radius 3 is 1.88 bits per heavy atom. The van der Waals surface area contributed by atoms with E-state index in [4.69, 9.17) is 4.98 Å². The van der Waals surface area contributed by atoms with Gasteiger partial charge in [0.05, 0.1) is 11.1 Å². The molecule has 0 saturated carbocycles. The minimum Gasteiger partial charge on any atom is -0.299 e. The van der Waals surface area contributed by atoms with Crippen LogP contribution in [0.5, 0.6) is 0 Å². The Morgan fingerprint density at radius 1 is 0.750 bits per heavy atom. The quantitative estimate of drug-likeness (QED) is 0.512. The first-order valence-corrected chi connectivity index (χ1v) is 9.03. The fourth-order valence-corrected chi connectivity index (χ4v) is 5.40. The second-order valence-corrected chi connectivity index (χ2v) is 7.58. The lowest BCUT2D eigenvalue weighted by molar-refractivity contribution is 1.22. The highest BCUT2D eigenvalue weighted by molar-refractivity contribution is 7.79. The summed E-state index contributed by atoms with van der Waals surface area (Å²) in [4.78, 5) is 4.76. The molecule has 0 bridgehead atoms. The maximum atomic E-state index is 4.76. The van der Waals surface area contributed by atoms with Gasteiger partial charge in [0.1, 0.15) is 5.65 Å². The predicted octanol–water partition coefficient (Wildman–Crippen LogP) is 3.82. The first kappa shape index (κ1) is 16.7. The summed E-state index contributed by atoms with van der Waals surface area (Å²) < 4.78 is 2.24. The normalized spacial score (nSPS) is 10.8. The molecule has 0 aliphatic carbocycles. The highest BCUT2D eigenvalue weighted by atomic mass is 35.5. The predicted molar refractivity (Wildman–Crippen MR) is 106 cm³/mol. The van der Waals surface area contributed by atoms with Crippen LogP contribution in [0.1, 0.15) is 5.69 Å². The van der Waals surface area contributed by atoms with Crippen molar-refractivity contribution >= 4 is 42.0 Å². The number of aryl methyl sites for hydroxylation is 1. The number of fused-ring (bicyclic) bond motifs is 1. The van der Waals surface area contributed by atoms with Crippen molar-refractivity contribution in [3.8, 4) is 0 Å². The molecule has 0 saturated heterocycles. The highest BCUT2D eigenvalue weighted by Crippen LogP contribution is 2.34. The van der Waals surface area contributed by atoms with E-state index in [1.165, 1.54) is 16.0 Å². The summed E-state index contributed by atoms with van der Waals surface area (Å²) in [5.41, 5.74) is 3.42. The summed E-state index contributed by atoms with van der Waals surface area (Å²) in [7, 11) is -0.629.